The zero-order chi connectivity index (χ0) is 23.7. The van der Waals surface area contributed by atoms with Gasteiger partial charge in [0.15, 0.2) is 0 Å². The Kier molecular flexibility index (Phi) is 6.09. The molecule has 3 aromatic carbocycles. The number of anilines is 3. The fourth-order valence-electron chi connectivity index (χ4n) is 4.39. The Labute approximate surface area is 195 Å². The van der Waals surface area contributed by atoms with Crippen LogP contribution in [0.3, 0.4) is 0 Å². The average molecular weight is 444 g/mol. The summed E-state index contributed by atoms with van der Waals surface area (Å²) in [6.07, 6.45) is 0. The van der Waals surface area contributed by atoms with Crippen LogP contribution in [-0.4, -0.2) is 39.6 Å². The van der Waals surface area contributed by atoms with Crippen LogP contribution in [0.4, 0.5) is 17.1 Å². The van der Waals surface area contributed by atoms with E-state index >= 15 is 0 Å². The standard InChI is InChI=1S/C27H29N3O3/c1-18-7-6-8-19(2)25(18)29-17-24(31)30(22-13-15-23(33-5)16-14-22)26(27(29)32)20-9-11-21(12-10-20)28(3)4/h6-16,26H,17H2,1-5H3/t26-/m1/s1. The number of carbonyl (C=O) groups excluding carboxylic acids is 2. The molecule has 0 spiro atoms. The van der Waals surface area contributed by atoms with Crippen molar-refractivity contribution >= 4 is 28.9 Å². The maximum Gasteiger partial charge on any atom is 0.255 e. The SMILES string of the molecule is COc1ccc(N2C(=O)CN(c3c(C)cccc3C)C(=O)[C@H]2c2ccc(N(C)C)cc2)cc1. The molecule has 1 saturated heterocycles. The second kappa shape index (κ2) is 8.98. The van der Waals surface area contributed by atoms with Gasteiger partial charge in [-0.25, -0.2) is 0 Å². The molecule has 170 valence electrons. The Morgan fingerprint density at radius 1 is 0.879 bits per heavy atom. The Hall–Kier alpha value is -3.80. The van der Waals surface area contributed by atoms with E-state index in [9.17, 15) is 9.59 Å². The predicted octanol–water partition coefficient (Wildman–Crippen LogP) is 4.50. The highest BCUT2D eigenvalue weighted by molar-refractivity contribution is 6.15. The van der Waals surface area contributed by atoms with E-state index in [0.29, 0.717) is 11.4 Å². The highest BCUT2D eigenvalue weighted by Gasteiger charge is 2.42. The smallest absolute Gasteiger partial charge is 0.255 e. The van der Waals surface area contributed by atoms with Crippen LogP contribution in [0.25, 0.3) is 0 Å². The third kappa shape index (κ3) is 4.16. The fraction of sp³-hybridized carbons (Fsp3) is 0.259. The summed E-state index contributed by atoms with van der Waals surface area (Å²) in [6.45, 7) is 3.93. The maximum absolute atomic E-state index is 14.0. The highest BCUT2D eigenvalue weighted by Crippen LogP contribution is 2.37. The molecule has 0 saturated carbocycles. The number of nitrogens with zero attached hydrogens (tertiary/aromatic N) is 3. The van der Waals surface area contributed by atoms with Gasteiger partial charge in [0.1, 0.15) is 18.3 Å². The second-order valence-corrected chi connectivity index (χ2v) is 8.52. The number of carbonyl (C=O) groups is 2. The maximum atomic E-state index is 14.0. The third-order valence-corrected chi connectivity index (χ3v) is 6.11. The molecule has 1 heterocycles. The van der Waals surface area contributed by atoms with Crippen LogP contribution >= 0.6 is 0 Å². The first kappa shape index (κ1) is 22.4. The van der Waals surface area contributed by atoms with E-state index in [4.69, 9.17) is 4.74 Å². The molecule has 33 heavy (non-hydrogen) atoms. The van der Waals surface area contributed by atoms with Crippen molar-refractivity contribution in [3.63, 3.8) is 0 Å². The molecule has 0 bridgehead atoms. The first-order valence-corrected chi connectivity index (χ1v) is 10.9. The summed E-state index contributed by atoms with van der Waals surface area (Å²) < 4.78 is 5.27. The van der Waals surface area contributed by atoms with E-state index in [1.54, 1.807) is 29.0 Å². The number of ether oxygens (including phenoxy) is 1. The van der Waals surface area contributed by atoms with Gasteiger partial charge in [0.05, 0.1) is 12.8 Å². The lowest BCUT2D eigenvalue weighted by atomic mass is 9.97. The molecule has 0 radical (unpaired) electrons. The quantitative estimate of drug-likeness (QED) is 0.583. The molecule has 4 rings (SSSR count). The summed E-state index contributed by atoms with van der Waals surface area (Å²) in [6, 6.07) is 20.2. The number of hydrogen-bond acceptors (Lipinski definition) is 4. The van der Waals surface area contributed by atoms with E-state index in [1.165, 1.54) is 0 Å². The van der Waals surface area contributed by atoms with E-state index in [-0.39, 0.29) is 18.4 Å². The molecule has 1 atom stereocenters. The molecule has 6 heteroatoms. The molecular formula is C27H29N3O3. The first-order valence-electron chi connectivity index (χ1n) is 10.9. The number of rotatable bonds is 5. The second-order valence-electron chi connectivity index (χ2n) is 8.52. The molecule has 0 aromatic heterocycles. The van der Waals surface area contributed by atoms with Crippen molar-refractivity contribution in [1.29, 1.82) is 0 Å². The van der Waals surface area contributed by atoms with Crippen molar-refractivity contribution in [2.45, 2.75) is 19.9 Å². The first-order chi connectivity index (χ1) is 15.8. The van der Waals surface area contributed by atoms with Crippen LogP contribution < -0.4 is 19.4 Å². The Morgan fingerprint density at radius 3 is 2.03 bits per heavy atom. The number of benzene rings is 3. The van der Waals surface area contributed by atoms with Crippen LogP contribution in [0.15, 0.2) is 66.7 Å². The van der Waals surface area contributed by atoms with E-state index in [0.717, 1.165) is 28.1 Å². The highest BCUT2D eigenvalue weighted by atomic mass is 16.5. The largest absolute Gasteiger partial charge is 0.497 e. The van der Waals surface area contributed by atoms with Crippen molar-refractivity contribution in [2.24, 2.45) is 0 Å². The minimum Gasteiger partial charge on any atom is -0.497 e. The van der Waals surface area contributed by atoms with Crippen LogP contribution in [0.2, 0.25) is 0 Å². The van der Waals surface area contributed by atoms with E-state index in [1.807, 2.05) is 87.4 Å². The zero-order valence-corrected chi connectivity index (χ0v) is 19.7. The van der Waals surface area contributed by atoms with Crippen LogP contribution in [0, 0.1) is 13.8 Å². The molecule has 1 fully saturated rings. The molecule has 3 aromatic rings. The van der Waals surface area contributed by atoms with Crippen molar-refractivity contribution in [3.8, 4) is 5.75 Å². The van der Waals surface area contributed by atoms with Gasteiger partial charge in [0.2, 0.25) is 5.91 Å². The van der Waals surface area contributed by atoms with E-state index in [2.05, 4.69) is 0 Å². The normalized spacial score (nSPS) is 16.2. The molecule has 1 aliphatic heterocycles. The van der Waals surface area contributed by atoms with Gasteiger partial charge in [-0.1, -0.05) is 30.3 Å². The van der Waals surface area contributed by atoms with Gasteiger partial charge < -0.3 is 14.5 Å². The summed E-state index contributed by atoms with van der Waals surface area (Å²) in [5, 5.41) is 0. The van der Waals surface area contributed by atoms with Gasteiger partial charge in [-0.2, -0.15) is 0 Å². The topological polar surface area (TPSA) is 53.1 Å². The lowest BCUT2D eigenvalue weighted by Crippen LogP contribution is -2.56. The molecule has 6 nitrogen and oxygen atoms in total. The number of hydrogen-bond donors (Lipinski definition) is 0. The Bertz CT molecular complexity index is 1150. The van der Waals surface area contributed by atoms with Gasteiger partial charge in [0, 0.05) is 25.5 Å². The third-order valence-electron chi connectivity index (χ3n) is 6.11. The van der Waals surface area contributed by atoms with E-state index < -0.39 is 6.04 Å². The molecule has 0 unspecified atom stereocenters. The van der Waals surface area contributed by atoms with Crippen molar-refractivity contribution in [1.82, 2.24) is 0 Å². The van der Waals surface area contributed by atoms with Gasteiger partial charge in [-0.15, -0.1) is 0 Å². The van der Waals surface area contributed by atoms with Crippen LogP contribution in [-0.2, 0) is 9.59 Å². The lowest BCUT2D eigenvalue weighted by Gasteiger charge is -2.41. The lowest BCUT2D eigenvalue weighted by molar-refractivity contribution is -0.128. The van der Waals surface area contributed by atoms with Crippen molar-refractivity contribution < 1.29 is 14.3 Å². The minimum atomic E-state index is -0.769. The number of amides is 2. The van der Waals surface area contributed by atoms with Crippen molar-refractivity contribution in [3.05, 3.63) is 83.4 Å². The molecule has 0 aliphatic carbocycles. The Balaban J connectivity index is 1.83. The van der Waals surface area contributed by atoms with Gasteiger partial charge in [-0.3, -0.25) is 14.5 Å². The predicted molar refractivity (Wildman–Crippen MR) is 132 cm³/mol. The summed E-state index contributed by atoms with van der Waals surface area (Å²) in [5.74, 6) is 0.433. The molecule has 0 N–H and O–H groups in total. The minimum absolute atomic E-state index is 0.0111. The van der Waals surface area contributed by atoms with Crippen LogP contribution in [0.1, 0.15) is 22.7 Å². The summed E-state index contributed by atoms with van der Waals surface area (Å²) in [4.78, 5) is 32.8. The van der Waals surface area contributed by atoms with Crippen LogP contribution in [0.5, 0.6) is 5.75 Å². The summed E-state index contributed by atoms with van der Waals surface area (Å²) >= 11 is 0. The zero-order valence-electron chi connectivity index (χ0n) is 19.7. The van der Waals surface area contributed by atoms with Crippen molar-refractivity contribution in [2.75, 3.05) is 42.4 Å². The number of methoxy groups -OCH3 is 1. The number of piperazine rings is 1. The molecular weight excluding hydrogens is 414 g/mol. The number of para-hydroxylation sites is 1. The average Bonchev–Trinajstić information content (AvgIpc) is 2.81. The molecule has 1 aliphatic rings. The van der Waals surface area contributed by atoms with Gasteiger partial charge >= 0.3 is 0 Å². The summed E-state index contributed by atoms with van der Waals surface area (Å²) in [7, 11) is 5.54. The number of aryl methyl sites for hydroxylation is 2. The monoisotopic (exact) mass is 443 g/mol. The fourth-order valence-corrected chi connectivity index (χ4v) is 4.39. The van der Waals surface area contributed by atoms with Gasteiger partial charge in [0.25, 0.3) is 5.91 Å². The molecule has 2 amide bonds. The Morgan fingerprint density at radius 2 is 1.48 bits per heavy atom. The van der Waals surface area contributed by atoms with Gasteiger partial charge in [-0.05, 0) is 66.9 Å². The summed E-state index contributed by atoms with van der Waals surface area (Å²) in [5.41, 5.74) is 5.20.